The first-order valence-corrected chi connectivity index (χ1v) is 17.0. The molecule has 48 heavy (non-hydrogen) atoms. The number of benzene rings is 3. The molecule has 1 N–H and O–H groups in total. The van der Waals surface area contributed by atoms with E-state index in [4.69, 9.17) is 19.3 Å². The minimum atomic E-state index is -0.390. The SMILES string of the molecule is COc1cccc([C@H]2CC(c3cccs3)=NN2C(=O)CSc2nnc(CNC(=O)COc3ccccc3)n2-c2cccc(C)c2)c1OC. The van der Waals surface area contributed by atoms with Gasteiger partial charge in [-0.3, -0.25) is 14.2 Å². The fraction of sp³-hybridized carbons (Fsp3) is 0.229. The highest BCUT2D eigenvalue weighted by Crippen LogP contribution is 2.42. The van der Waals surface area contributed by atoms with Crippen LogP contribution < -0.4 is 19.5 Å². The number of hydrogen-bond acceptors (Lipinski definition) is 10. The molecule has 2 amide bonds. The molecule has 0 unspecified atom stereocenters. The minimum Gasteiger partial charge on any atom is -0.493 e. The molecular formula is C35H34N6O5S2. The second kappa shape index (κ2) is 15.2. The zero-order valence-corrected chi connectivity index (χ0v) is 28.3. The zero-order chi connectivity index (χ0) is 33.5. The Labute approximate surface area is 286 Å². The number of rotatable bonds is 13. The Bertz CT molecular complexity index is 1910. The van der Waals surface area contributed by atoms with Gasteiger partial charge in [0.1, 0.15) is 5.75 Å². The maximum Gasteiger partial charge on any atom is 0.258 e. The van der Waals surface area contributed by atoms with Crippen LogP contribution in [0, 0.1) is 6.92 Å². The molecule has 0 bridgehead atoms. The van der Waals surface area contributed by atoms with Crippen LogP contribution >= 0.6 is 23.1 Å². The van der Waals surface area contributed by atoms with E-state index in [-0.39, 0.29) is 30.7 Å². The third-order valence-electron chi connectivity index (χ3n) is 7.61. The summed E-state index contributed by atoms with van der Waals surface area (Å²) < 4.78 is 18.7. The van der Waals surface area contributed by atoms with Crippen LogP contribution in [-0.4, -0.2) is 63.9 Å². The molecule has 1 aliphatic heterocycles. The summed E-state index contributed by atoms with van der Waals surface area (Å²) in [6.45, 7) is 1.97. The Hall–Kier alpha value is -5.14. The Morgan fingerprint density at radius 2 is 1.81 bits per heavy atom. The van der Waals surface area contributed by atoms with Gasteiger partial charge in [0.05, 0.1) is 43.1 Å². The van der Waals surface area contributed by atoms with E-state index in [0.717, 1.165) is 27.4 Å². The predicted octanol–water partition coefficient (Wildman–Crippen LogP) is 5.82. The molecule has 246 valence electrons. The van der Waals surface area contributed by atoms with Crippen molar-refractivity contribution in [3.63, 3.8) is 0 Å². The van der Waals surface area contributed by atoms with Crippen molar-refractivity contribution in [1.29, 1.82) is 0 Å². The Balaban J connectivity index is 1.22. The number of hydrogen-bond donors (Lipinski definition) is 1. The molecule has 13 heteroatoms. The van der Waals surface area contributed by atoms with Crippen molar-refractivity contribution in [2.75, 3.05) is 26.6 Å². The van der Waals surface area contributed by atoms with Crippen LogP contribution in [0.25, 0.3) is 5.69 Å². The van der Waals surface area contributed by atoms with Gasteiger partial charge in [-0.2, -0.15) is 5.10 Å². The van der Waals surface area contributed by atoms with E-state index >= 15 is 0 Å². The number of nitrogens with one attached hydrogen (secondary N) is 1. The second-order valence-corrected chi connectivity index (χ2v) is 12.7. The van der Waals surface area contributed by atoms with Gasteiger partial charge in [-0.05, 0) is 54.3 Å². The van der Waals surface area contributed by atoms with E-state index in [1.165, 1.54) is 11.8 Å². The average molecular weight is 683 g/mol. The van der Waals surface area contributed by atoms with Crippen LogP contribution in [-0.2, 0) is 16.1 Å². The summed E-state index contributed by atoms with van der Waals surface area (Å²) in [6, 6.07) is 26.3. The molecule has 3 heterocycles. The van der Waals surface area contributed by atoms with Gasteiger partial charge in [0.2, 0.25) is 0 Å². The lowest BCUT2D eigenvalue weighted by molar-refractivity contribution is -0.130. The lowest BCUT2D eigenvalue weighted by Gasteiger charge is -2.24. The minimum absolute atomic E-state index is 0.0469. The van der Waals surface area contributed by atoms with Crippen LogP contribution in [0.15, 0.2) is 101 Å². The van der Waals surface area contributed by atoms with E-state index in [9.17, 15) is 9.59 Å². The van der Waals surface area contributed by atoms with Crippen molar-refractivity contribution in [2.24, 2.45) is 5.10 Å². The van der Waals surface area contributed by atoms with Crippen molar-refractivity contribution >= 4 is 40.6 Å². The summed E-state index contributed by atoms with van der Waals surface area (Å²) in [5.74, 6) is 1.82. The number of thioether (sulfide) groups is 1. The molecule has 0 aliphatic carbocycles. The second-order valence-electron chi connectivity index (χ2n) is 10.8. The van der Waals surface area contributed by atoms with E-state index in [1.54, 1.807) is 42.7 Å². The topological polar surface area (TPSA) is 120 Å². The summed E-state index contributed by atoms with van der Waals surface area (Å²) in [5.41, 5.74) is 3.50. The fourth-order valence-corrected chi connectivity index (χ4v) is 6.91. The molecular weight excluding hydrogens is 649 g/mol. The normalized spacial score (nSPS) is 14.0. The monoisotopic (exact) mass is 682 g/mol. The van der Waals surface area contributed by atoms with E-state index in [2.05, 4.69) is 15.5 Å². The van der Waals surface area contributed by atoms with Gasteiger partial charge < -0.3 is 19.5 Å². The summed E-state index contributed by atoms with van der Waals surface area (Å²) in [7, 11) is 3.18. The first-order valence-electron chi connectivity index (χ1n) is 15.2. The van der Waals surface area contributed by atoms with Gasteiger partial charge in [-0.25, -0.2) is 5.01 Å². The number of aryl methyl sites for hydroxylation is 1. The van der Waals surface area contributed by atoms with Crippen molar-refractivity contribution in [1.82, 2.24) is 25.1 Å². The molecule has 0 spiro atoms. The van der Waals surface area contributed by atoms with E-state index < -0.39 is 6.04 Å². The predicted molar refractivity (Wildman–Crippen MR) is 185 cm³/mol. The first kappa shape index (κ1) is 32.8. The molecule has 3 aromatic carbocycles. The van der Waals surface area contributed by atoms with Gasteiger partial charge in [0.15, 0.2) is 29.1 Å². The Morgan fingerprint density at radius 3 is 2.56 bits per heavy atom. The highest BCUT2D eigenvalue weighted by Gasteiger charge is 2.36. The summed E-state index contributed by atoms with van der Waals surface area (Å²) in [4.78, 5) is 27.6. The maximum absolute atomic E-state index is 14.0. The molecule has 0 saturated carbocycles. The van der Waals surface area contributed by atoms with Crippen LogP contribution in [0.5, 0.6) is 17.2 Å². The number of ether oxygens (including phenoxy) is 3. The van der Waals surface area contributed by atoms with Crippen LogP contribution in [0.3, 0.4) is 0 Å². The average Bonchev–Trinajstić information content (AvgIpc) is 3.89. The Morgan fingerprint density at radius 1 is 0.979 bits per heavy atom. The quantitative estimate of drug-likeness (QED) is 0.154. The molecule has 1 atom stereocenters. The van der Waals surface area contributed by atoms with Crippen molar-refractivity contribution < 1.29 is 23.8 Å². The van der Waals surface area contributed by atoms with Crippen molar-refractivity contribution in [3.05, 3.63) is 112 Å². The summed E-state index contributed by atoms with van der Waals surface area (Å²) >= 11 is 2.84. The van der Waals surface area contributed by atoms with E-state index in [0.29, 0.717) is 34.7 Å². The number of methoxy groups -OCH3 is 2. The molecule has 11 nitrogen and oxygen atoms in total. The lowest BCUT2D eigenvalue weighted by atomic mass is 9.99. The molecule has 5 aromatic rings. The third kappa shape index (κ3) is 7.37. The number of carbonyl (C=O) groups is 2. The number of aromatic nitrogens is 3. The maximum atomic E-state index is 14.0. The molecule has 6 rings (SSSR count). The number of amides is 2. The molecule has 2 aromatic heterocycles. The van der Waals surface area contributed by atoms with Gasteiger partial charge >= 0.3 is 0 Å². The molecule has 0 saturated heterocycles. The number of thiophene rings is 1. The molecule has 1 aliphatic rings. The fourth-order valence-electron chi connectivity index (χ4n) is 5.37. The zero-order valence-electron chi connectivity index (χ0n) is 26.7. The molecule has 0 radical (unpaired) electrons. The highest BCUT2D eigenvalue weighted by molar-refractivity contribution is 7.99. The van der Waals surface area contributed by atoms with Crippen LogP contribution in [0.4, 0.5) is 0 Å². The van der Waals surface area contributed by atoms with Gasteiger partial charge in [-0.15, -0.1) is 21.5 Å². The Kier molecular flexibility index (Phi) is 10.4. The lowest BCUT2D eigenvalue weighted by Crippen LogP contribution is -2.29. The number of para-hydroxylation sites is 2. The highest BCUT2D eigenvalue weighted by atomic mass is 32.2. The largest absolute Gasteiger partial charge is 0.493 e. The first-order chi connectivity index (χ1) is 23.4. The van der Waals surface area contributed by atoms with Crippen LogP contribution in [0.1, 0.15) is 34.3 Å². The standard InChI is InChI=1S/C35H34N6O5S2/c1-23-10-7-11-24(18-23)40-31(20-36-32(42)21-46-25-12-5-4-6-13-25)37-38-35(40)48-22-33(43)41-28(19-27(39-41)30-16-9-17-47-30)26-14-8-15-29(44-2)34(26)45-3/h4-18,28H,19-22H2,1-3H3,(H,36,42)/t28-/m1/s1. The number of nitrogens with zero attached hydrogens (tertiary/aromatic N) is 5. The third-order valence-corrected chi connectivity index (χ3v) is 9.44. The smallest absolute Gasteiger partial charge is 0.258 e. The van der Waals surface area contributed by atoms with Crippen LogP contribution in [0.2, 0.25) is 0 Å². The molecule has 0 fully saturated rings. The summed E-state index contributed by atoms with van der Waals surface area (Å²) in [5, 5.41) is 20.6. The van der Waals surface area contributed by atoms with Crippen molar-refractivity contribution in [2.45, 2.75) is 31.1 Å². The van der Waals surface area contributed by atoms with Gasteiger partial charge in [0, 0.05) is 17.7 Å². The van der Waals surface area contributed by atoms with E-state index in [1.807, 2.05) is 89.7 Å². The van der Waals surface area contributed by atoms with Gasteiger partial charge in [0.25, 0.3) is 11.8 Å². The van der Waals surface area contributed by atoms with Gasteiger partial charge in [-0.1, -0.05) is 60.3 Å². The number of hydrazone groups is 1. The van der Waals surface area contributed by atoms with Crippen molar-refractivity contribution in [3.8, 4) is 22.9 Å². The summed E-state index contributed by atoms with van der Waals surface area (Å²) in [6.07, 6.45) is 0.526. The number of carbonyl (C=O) groups excluding carboxylic acids is 2.